The molecule has 1 unspecified atom stereocenters. The van der Waals surface area contributed by atoms with Crippen molar-refractivity contribution in [3.8, 4) is 0 Å². The first kappa shape index (κ1) is 6.59. The van der Waals surface area contributed by atoms with Gasteiger partial charge < -0.3 is 4.74 Å². The molecule has 1 heterocycles. The van der Waals surface area contributed by atoms with E-state index >= 15 is 0 Å². The molecule has 1 saturated carbocycles. The summed E-state index contributed by atoms with van der Waals surface area (Å²) < 4.78 is 18.1. The average Bonchev–Trinajstić information content (AvgIpc) is 2.46. The molecule has 1 aliphatic heterocycles. The lowest BCUT2D eigenvalue weighted by Crippen LogP contribution is -2.22. The third-order valence-electron chi connectivity index (χ3n) is 2.68. The Bertz CT molecular complexity index is 129. The Hall–Kier alpha value is -0.110. The molecule has 1 aliphatic carbocycles. The Kier molecular flexibility index (Phi) is 1.44. The third-order valence-corrected chi connectivity index (χ3v) is 2.68. The van der Waals surface area contributed by atoms with Crippen LogP contribution in [0.15, 0.2) is 0 Å². The highest BCUT2D eigenvalue weighted by molar-refractivity contribution is 4.92. The van der Waals surface area contributed by atoms with Gasteiger partial charge in [-0.1, -0.05) is 12.8 Å². The first-order valence-electron chi connectivity index (χ1n) is 4.09. The van der Waals surface area contributed by atoms with Crippen LogP contribution in [0.25, 0.3) is 0 Å². The van der Waals surface area contributed by atoms with E-state index in [2.05, 4.69) is 0 Å². The van der Waals surface area contributed by atoms with Crippen LogP contribution >= 0.6 is 0 Å². The Morgan fingerprint density at radius 1 is 1.30 bits per heavy atom. The van der Waals surface area contributed by atoms with Crippen molar-refractivity contribution in [3.63, 3.8) is 0 Å². The largest absolute Gasteiger partial charge is 0.372 e. The molecule has 0 amide bonds. The molecule has 1 spiro atoms. The van der Waals surface area contributed by atoms with E-state index in [1.807, 2.05) is 0 Å². The summed E-state index contributed by atoms with van der Waals surface area (Å²) in [6, 6.07) is 0. The van der Waals surface area contributed by atoms with Crippen LogP contribution in [-0.2, 0) is 4.74 Å². The van der Waals surface area contributed by atoms with E-state index in [1.54, 1.807) is 0 Å². The zero-order chi connectivity index (χ0) is 7.03. The van der Waals surface area contributed by atoms with Gasteiger partial charge in [0.05, 0.1) is 12.2 Å². The van der Waals surface area contributed by atoms with Crippen molar-refractivity contribution in [2.75, 3.05) is 6.61 Å². The van der Waals surface area contributed by atoms with Crippen molar-refractivity contribution in [2.24, 2.45) is 0 Å². The second-order valence-corrected chi connectivity index (χ2v) is 3.50. The molecule has 0 aromatic rings. The fraction of sp³-hybridized carbons (Fsp3) is 1.00. The molecular weight excluding hydrogens is 131 g/mol. The number of alkyl halides is 1. The smallest absolute Gasteiger partial charge is 0.126 e. The van der Waals surface area contributed by atoms with Gasteiger partial charge in [0.15, 0.2) is 0 Å². The summed E-state index contributed by atoms with van der Waals surface area (Å²) in [5.74, 6) is 0. The number of ether oxygens (including phenoxy) is 1. The first-order chi connectivity index (χ1) is 4.81. The standard InChI is InChI=1S/C8H13FO/c9-7-5-8(10-6-7)3-1-2-4-8/h7H,1-6H2. The first-order valence-corrected chi connectivity index (χ1v) is 4.09. The summed E-state index contributed by atoms with van der Waals surface area (Å²) in [4.78, 5) is 0. The lowest BCUT2D eigenvalue weighted by Gasteiger charge is -2.20. The maximum Gasteiger partial charge on any atom is 0.126 e. The molecule has 58 valence electrons. The number of hydrogen-bond donors (Lipinski definition) is 0. The van der Waals surface area contributed by atoms with E-state index in [0.717, 1.165) is 12.8 Å². The van der Waals surface area contributed by atoms with Gasteiger partial charge in [-0.3, -0.25) is 0 Å². The van der Waals surface area contributed by atoms with Gasteiger partial charge in [0.25, 0.3) is 0 Å². The summed E-state index contributed by atoms with van der Waals surface area (Å²) in [5, 5.41) is 0. The van der Waals surface area contributed by atoms with Crippen LogP contribution in [0, 0.1) is 0 Å². The number of rotatable bonds is 0. The molecule has 1 atom stereocenters. The highest BCUT2D eigenvalue weighted by Crippen LogP contribution is 2.41. The lowest BCUT2D eigenvalue weighted by atomic mass is 9.98. The van der Waals surface area contributed by atoms with Crippen LogP contribution in [0.3, 0.4) is 0 Å². The minimum absolute atomic E-state index is 0.0145. The third kappa shape index (κ3) is 0.947. The van der Waals surface area contributed by atoms with Crippen LogP contribution < -0.4 is 0 Å². The molecular formula is C8H13FO. The zero-order valence-corrected chi connectivity index (χ0v) is 6.11. The summed E-state index contributed by atoms with van der Waals surface area (Å²) in [6.45, 7) is 0.347. The molecule has 1 nitrogen and oxygen atoms in total. The molecule has 1 saturated heterocycles. The lowest BCUT2D eigenvalue weighted by molar-refractivity contribution is 0.00890. The van der Waals surface area contributed by atoms with Gasteiger partial charge in [-0.2, -0.15) is 0 Å². The van der Waals surface area contributed by atoms with Crippen molar-refractivity contribution in [3.05, 3.63) is 0 Å². The van der Waals surface area contributed by atoms with Crippen molar-refractivity contribution in [1.29, 1.82) is 0 Å². The monoisotopic (exact) mass is 144 g/mol. The summed E-state index contributed by atoms with van der Waals surface area (Å²) in [7, 11) is 0. The molecule has 0 bridgehead atoms. The van der Waals surface area contributed by atoms with E-state index < -0.39 is 6.17 Å². The van der Waals surface area contributed by atoms with E-state index in [4.69, 9.17) is 4.74 Å². The van der Waals surface area contributed by atoms with Gasteiger partial charge in [-0.05, 0) is 12.8 Å². The minimum atomic E-state index is -0.682. The molecule has 2 aliphatic rings. The van der Waals surface area contributed by atoms with Crippen LogP contribution in [0.4, 0.5) is 4.39 Å². The predicted octanol–water partition coefficient (Wildman–Crippen LogP) is 2.06. The SMILES string of the molecule is FC1COC2(CCCC2)C1. The summed E-state index contributed by atoms with van der Waals surface area (Å²) in [5.41, 5.74) is -0.0145. The average molecular weight is 144 g/mol. The Morgan fingerprint density at radius 2 is 2.00 bits per heavy atom. The van der Waals surface area contributed by atoms with Crippen molar-refractivity contribution in [1.82, 2.24) is 0 Å². The zero-order valence-electron chi connectivity index (χ0n) is 6.11. The number of halogens is 1. The van der Waals surface area contributed by atoms with Crippen molar-refractivity contribution < 1.29 is 9.13 Å². The molecule has 10 heavy (non-hydrogen) atoms. The van der Waals surface area contributed by atoms with Gasteiger partial charge in [-0.25, -0.2) is 4.39 Å². The normalized spacial score (nSPS) is 37.5. The van der Waals surface area contributed by atoms with Gasteiger partial charge in [0, 0.05) is 6.42 Å². The Labute approximate surface area is 60.6 Å². The minimum Gasteiger partial charge on any atom is -0.372 e. The molecule has 2 fully saturated rings. The maximum atomic E-state index is 12.7. The molecule has 2 rings (SSSR count). The Morgan fingerprint density at radius 3 is 2.50 bits per heavy atom. The van der Waals surface area contributed by atoms with E-state index in [0.29, 0.717) is 13.0 Å². The van der Waals surface area contributed by atoms with Gasteiger partial charge in [0.2, 0.25) is 0 Å². The van der Waals surface area contributed by atoms with Crippen LogP contribution in [-0.4, -0.2) is 18.4 Å². The van der Waals surface area contributed by atoms with Gasteiger partial charge in [0.1, 0.15) is 6.17 Å². The summed E-state index contributed by atoms with van der Waals surface area (Å²) in [6.07, 6.45) is 4.62. The quantitative estimate of drug-likeness (QED) is 0.505. The van der Waals surface area contributed by atoms with E-state index in [1.165, 1.54) is 12.8 Å². The molecule has 0 radical (unpaired) electrons. The fourth-order valence-electron chi connectivity index (χ4n) is 2.16. The summed E-state index contributed by atoms with van der Waals surface area (Å²) >= 11 is 0. The highest BCUT2D eigenvalue weighted by Gasteiger charge is 2.42. The van der Waals surface area contributed by atoms with E-state index in [-0.39, 0.29) is 5.60 Å². The Balaban J connectivity index is 2.03. The second-order valence-electron chi connectivity index (χ2n) is 3.50. The maximum absolute atomic E-state index is 12.7. The van der Waals surface area contributed by atoms with Crippen LogP contribution in [0.2, 0.25) is 0 Å². The van der Waals surface area contributed by atoms with Crippen LogP contribution in [0.5, 0.6) is 0 Å². The second kappa shape index (κ2) is 2.19. The molecule has 0 N–H and O–H groups in total. The van der Waals surface area contributed by atoms with Gasteiger partial charge in [-0.15, -0.1) is 0 Å². The highest BCUT2D eigenvalue weighted by atomic mass is 19.1. The van der Waals surface area contributed by atoms with E-state index in [9.17, 15) is 4.39 Å². The molecule has 0 aromatic carbocycles. The fourth-order valence-corrected chi connectivity index (χ4v) is 2.16. The van der Waals surface area contributed by atoms with Gasteiger partial charge >= 0.3 is 0 Å². The predicted molar refractivity (Wildman–Crippen MR) is 36.7 cm³/mol. The van der Waals surface area contributed by atoms with Crippen molar-refractivity contribution in [2.45, 2.75) is 43.9 Å². The van der Waals surface area contributed by atoms with Crippen LogP contribution in [0.1, 0.15) is 32.1 Å². The van der Waals surface area contributed by atoms with Crippen molar-refractivity contribution >= 4 is 0 Å². The molecule has 2 heteroatoms. The number of hydrogen-bond acceptors (Lipinski definition) is 1. The molecule has 0 aromatic heterocycles. The topological polar surface area (TPSA) is 9.23 Å².